The van der Waals surface area contributed by atoms with Crippen LogP contribution in [-0.4, -0.2) is 23.4 Å². The summed E-state index contributed by atoms with van der Waals surface area (Å²) in [7, 11) is 0. The van der Waals surface area contributed by atoms with Crippen LogP contribution in [-0.2, 0) is 9.59 Å². The van der Waals surface area contributed by atoms with E-state index in [-0.39, 0.29) is 22.9 Å². The van der Waals surface area contributed by atoms with Gasteiger partial charge < -0.3 is 9.84 Å². The lowest BCUT2D eigenvalue weighted by Gasteiger charge is -2.26. The van der Waals surface area contributed by atoms with Crippen LogP contribution >= 0.6 is 0 Å². The van der Waals surface area contributed by atoms with E-state index in [9.17, 15) is 23.5 Å². The number of aliphatic hydroxyl groups excluding tert-OH is 1. The number of fused-ring (bicyclic) bond motifs is 1. The fraction of sp³-hybridized carbons (Fsp3) is 0.161. The maximum absolute atomic E-state index is 14.3. The quantitative estimate of drug-likeness (QED) is 0.175. The number of carbonyl (C=O) groups is 2. The molecule has 1 heterocycles. The van der Waals surface area contributed by atoms with Gasteiger partial charge in [0.2, 0.25) is 0 Å². The van der Waals surface area contributed by atoms with Crippen LogP contribution in [0.25, 0.3) is 16.5 Å². The summed E-state index contributed by atoms with van der Waals surface area (Å²) in [6.07, 6.45) is 0. The molecule has 5 nitrogen and oxygen atoms in total. The standard InChI is InChI=1S/C31H25F2NO4/c1-18(2)17-38-22-10-5-9-20(15-22)29(35)27-28(24-12-6-8-19-7-3-4-11-23(19)24)34(31(37)30(27)36)21-13-14-25(32)26(33)16-21/h3-16,18,28,35H,17H2,1-2H3/b29-27-. The van der Waals surface area contributed by atoms with Gasteiger partial charge in [0, 0.05) is 17.3 Å². The number of ketones is 1. The Morgan fingerprint density at radius 1 is 0.921 bits per heavy atom. The predicted molar refractivity (Wildman–Crippen MR) is 142 cm³/mol. The highest BCUT2D eigenvalue weighted by molar-refractivity contribution is 6.51. The van der Waals surface area contributed by atoms with Crippen LogP contribution in [0.15, 0.2) is 90.5 Å². The van der Waals surface area contributed by atoms with Crippen LogP contribution in [0.2, 0.25) is 0 Å². The first-order valence-corrected chi connectivity index (χ1v) is 12.2. The Morgan fingerprint density at radius 2 is 1.66 bits per heavy atom. The van der Waals surface area contributed by atoms with Gasteiger partial charge in [-0.25, -0.2) is 8.78 Å². The summed E-state index contributed by atoms with van der Waals surface area (Å²) in [6.45, 7) is 4.47. The molecule has 0 spiro atoms. The van der Waals surface area contributed by atoms with Gasteiger partial charge in [0.05, 0.1) is 18.2 Å². The summed E-state index contributed by atoms with van der Waals surface area (Å²) in [6, 6.07) is 21.4. The number of Topliss-reactive ketones (excluding diaryl/α,β-unsaturated/α-hetero) is 1. The molecule has 4 aromatic carbocycles. The van der Waals surface area contributed by atoms with Crippen molar-refractivity contribution in [2.24, 2.45) is 5.92 Å². The van der Waals surface area contributed by atoms with Crippen molar-refractivity contribution >= 4 is 33.9 Å². The zero-order valence-electron chi connectivity index (χ0n) is 20.8. The molecule has 1 atom stereocenters. The highest BCUT2D eigenvalue weighted by Crippen LogP contribution is 2.44. The summed E-state index contributed by atoms with van der Waals surface area (Å²) < 4.78 is 33.8. The van der Waals surface area contributed by atoms with E-state index in [1.807, 2.05) is 44.2 Å². The molecule has 0 aliphatic carbocycles. The molecule has 1 saturated heterocycles. The first-order chi connectivity index (χ1) is 18.3. The molecule has 0 aromatic heterocycles. The lowest BCUT2D eigenvalue weighted by Crippen LogP contribution is -2.29. The van der Waals surface area contributed by atoms with E-state index >= 15 is 0 Å². The second-order valence-electron chi connectivity index (χ2n) is 9.57. The average Bonchev–Trinajstić information content (AvgIpc) is 3.18. The number of amides is 1. The summed E-state index contributed by atoms with van der Waals surface area (Å²) in [4.78, 5) is 28.0. The number of carbonyl (C=O) groups excluding carboxylic acids is 2. The molecule has 1 fully saturated rings. The Balaban J connectivity index is 1.73. The van der Waals surface area contributed by atoms with Crippen LogP contribution in [0, 0.1) is 17.6 Å². The van der Waals surface area contributed by atoms with Gasteiger partial charge in [-0.05, 0) is 46.5 Å². The minimum Gasteiger partial charge on any atom is -0.507 e. The van der Waals surface area contributed by atoms with Crippen molar-refractivity contribution in [2.75, 3.05) is 11.5 Å². The first-order valence-electron chi connectivity index (χ1n) is 12.2. The number of aliphatic hydroxyl groups is 1. The Morgan fingerprint density at radius 3 is 2.42 bits per heavy atom. The third-order valence-electron chi connectivity index (χ3n) is 6.43. The van der Waals surface area contributed by atoms with Crippen molar-refractivity contribution in [1.29, 1.82) is 0 Å². The van der Waals surface area contributed by atoms with Gasteiger partial charge in [-0.15, -0.1) is 0 Å². The molecule has 1 unspecified atom stereocenters. The Bertz CT molecular complexity index is 1590. The van der Waals surface area contributed by atoms with E-state index in [2.05, 4.69) is 0 Å². The molecule has 7 heteroatoms. The average molecular weight is 514 g/mol. The van der Waals surface area contributed by atoms with E-state index in [0.717, 1.165) is 27.8 Å². The third kappa shape index (κ3) is 4.52. The number of anilines is 1. The van der Waals surface area contributed by atoms with Crippen molar-refractivity contribution < 1.29 is 28.2 Å². The maximum Gasteiger partial charge on any atom is 0.300 e. The SMILES string of the molecule is CC(C)COc1cccc(/C(O)=C2/C(=O)C(=O)N(c3ccc(F)c(F)c3)C2c2cccc3ccccc23)c1. The first kappa shape index (κ1) is 25.1. The van der Waals surface area contributed by atoms with Crippen molar-refractivity contribution in [3.8, 4) is 5.75 Å². The van der Waals surface area contributed by atoms with Gasteiger partial charge in [-0.1, -0.05) is 68.4 Å². The summed E-state index contributed by atoms with van der Waals surface area (Å²) in [5.41, 5.74) is 0.690. The van der Waals surface area contributed by atoms with Crippen molar-refractivity contribution in [3.63, 3.8) is 0 Å². The topological polar surface area (TPSA) is 66.8 Å². The molecule has 0 saturated carbocycles. The molecular weight excluding hydrogens is 488 g/mol. The Kier molecular flexibility index (Phi) is 6.68. The summed E-state index contributed by atoms with van der Waals surface area (Å²) >= 11 is 0. The predicted octanol–water partition coefficient (Wildman–Crippen LogP) is 6.78. The monoisotopic (exact) mass is 513 g/mol. The number of hydrogen-bond donors (Lipinski definition) is 1. The molecule has 1 aliphatic heterocycles. The molecule has 192 valence electrons. The molecular formula is C31H25F2NO4. The Labute approximate surface area is 218 Å². The normalized spacial score (nSPS) is 17.0. The number of benzene rings is 4. The van der Waals surface area contributed by atoms with Gasteiger partial charge in [0.1, 0.15) is 11.5 Å². The van der Waals surface area contributed by atoms with E-state index < -0.39 is 29.4 Å². The lowest BCUT2D eigenvalue weighted by atomic mass is 9.91. The molecule has 5 rings (SSSR count). The van der Waals surface area contributed by atoms with E-state index in [0.29, 0.717) is 23.5 Å². The minimum absolute atomic E-state index is 0.00278. The van der Waals surface area contributed by atoms with Crippen molar-refractivity contribution in [1.82, 2.24) is 0 Å². The molecule has 1 N–H and O–H groups in total. The van der Waals surface area contributed by atoms with Crippen LogP contribution < -0.4 is 9.64 Å². The lowest BCUT2D eigenvalue weighted by molar-refractivity contribution is -0.132. The second kappa shape index (κ2) is 10.1. The molecule has 1 aliphatic rings. The van der Waals surface area contributed by atoms with Crippen molar-refractivity contribution in [2.45, 2.75) is 19.9 Å². The van der Waals surface area contributed by atoms with Crippen LogP contribution in [0.1, 0.15) is 31.0 Å². The molecule has 38 heavy (non-hydrogen) atoms. The third-order valence-corrected chi connectivity index (χ3v) is 6.43. The summed E-state index contributed by atoms with van der Waals surface area (Å²) in [5, 5.41) is 13.1. The molecule has 0 radical (unpaired) electrons. The molecule has 0 bridgehead atoms. The van der Waals surface area contributed by atoms with E-state index in [1.165, 1.54) is 6.07 Å². The molecule has 1 amide bonds. The zero-order chi connectivity index (χ0) is 27.0. The summed E-state index contributed by atoms with van der Waals surface area (Å²) in [5.74, 6) is -3.73. The van der Waals surface area contributed by atoms with Crippen LogP contribution in [0.3, 0.4) is 0 Å². The fourth-order valence-corrected chi connectivity index (χ4v) is 4.67. The van der Waals surface area contributed by atoms with Gasteiger partial charge >= 0.3 is 0 Å². The minimum atomic E-state index is -1.16. The van der Waals surface area contributed by atoms with Gasteiger partial charge in [-0.2, -0.15) is 0 Å². The van der Waals surface area contributed by atoms with Gasteiger partial charge in [0.25, 0.3) is 11.7 Å². The highest BCUT2D eigenvalue weighted by atomic mass is 19.2. The van der Waals surface area contributed by atoms with Crippen molar-refractivity contribution in [3.05, 3.63) is 113 Å². The number of hydrogen-bond acceptors (Lipinski definition) is 4. The second-order valence-corrected chi connectivity index (χ2v) is 9.57. The Hall–Kier alpha value is -4.52. The largest absolute Gasteiger partial charge is 0.507 e. The zero-order valence-corrected chi connectivity index (χ0v) is 20.8. The number of nitrogens with zero attached hydrogens (tertiary/aromatic N) is 1. The van der Waals surface area contributed by atoms with Gasteiger partial charge in [-0.3, -0.25) is 14.5 Å². The van der Waals surface area contributed by atoms with Gasteiger partial charge in [0.15, 0.2) is 11.6 Å². The smallest absolute Gasteiger partial charge is 0.300 e. The molecule has 4 aromatic rings. The fourth-order valence-electron chi connectivity index (χ4n) is 4.67. The van der Waals surface area contributed by atoms with E-state index in [4.69, 9.17) is 4.74 Å². The number of rotatable bonds is 6. The van der Waals surface area contributed by atoms with E-state index in [1.54, 1.807) is 36.4 Å². The number of ether oxygens (including phenoxy) is 1. The van der Waals surface area contributed by atoms with Crippen LogP contribution in [0.5, 0.6) is 5.75 Å². The van der Waals surface area contributed by atoms with Crippen LogP contribution in [0.4, 0.5) is 14.5 Å². The highest BCUT2D eigenvalue weighted by Gasteiger charge is 2.47. The maximum atomic E-state index is 14.3. The number of halogens is 2.